The van der Waals surface area contributed by atoms with Gasteiger partial charge in [-0.25, -0.2) is 0 Å². The summed E-state index contributed by atoms with van der Waals surface area (Å²) in [6.45, 7) is 4.75. The number of hydrogen-bond acceptors (Lipinski definition) is 5. The van der Waals surface area contributed by atoms with Crippen molar-refractivity contribution in [1.29, 1.82) is 0 Å². The summed E-state index contributed by atoms with van der Waals surface area (Å²) in [4.78, 5) is 30.4. The molecule has 8 nitrogen and oxygen atoms in total. The van der Waals surface area contributed by atoms with Crippen molar-refractivity contribution in [3.8, 4) is 5.75 Å². The lowest BCUT2D eigenvalue weighted by atomic mass is 10.0. The van der Waals surface area contributed by atoms with Gasteiger partial charge >= 0.3 is 6.18 Å². The van der Waals surface area contributed by atoms with Crippen LogP contribution in [0.5, 0.6) is 5.75 Å². The molecule has 47 heavy (non-hydrogen) atoms. The predicted octanol–water partition coefficient (Wildman–Crippen LogP) is 5.66. The normalized spacial score (nSPS) is 17.9. The van der Waals surface area contributed by atoms with Crippen molar-refractivity contribution in [3.05, 3.63) is 95.2 Å². The number of benzene rings is 3. The van der Waals surface area contributed by atoms with Gasteiger partial charge in [0.15, 0.2) is 0 Å². The number of rotatable bonds is 9. The van der Waals surface area contributed by atoms with Gasteiger partial charge in [-0.15, -0.1) is 0 Å². The van der Waals surface area contributed by atoms with Crippen LogP contribution in [-0.2, 0) is 42.2 Å². The third-order valence-electron chi connectivity index (χ3n) is 8.76. The zero-order valence-electron chi connectivity index (χ0n) is 27.1. The fraction of sp³-hybridized carbons (Fsp3) is 0.389. The maximum Gasteiger partial charge on any atom is 0.416 e. The Kier molecular flexibility index (Phi) is 10.3. The topological polar surface area (TPSA) is 87.0 Å². The number of ether oxygens (including phenoxy) is 1. The molecule has 0 saturated carbocycles. The first-order valence-corrected chi connectivity index (χ1v) is 15.7. The van der Waals surface area contributed by atoms with Crippen molar-refractivity contribution in [3.63, 3.8) is 0 Å². The molecule has 0 saturated heterocycles. The maximum absolute atomic E-state index is 13.6. The molecular formula is C36H41F3N4O4. The number of carbonyl (C=O) groups excluding carboxylic acids is 2. The fourth-order valence-corrected chi connectivity index (χ4v) is 6.15. The molecule has 1 aliphatic rings. The molecule has 4 aromatic rings. The number of alkyl halides is 3. The summed E-state index contributed by atoms with van der Waals surface area (Å²) < 4.78 is 47.7. The van der Waals surface area contributed by atoms with Crippen LogP contribution in [0.25, 0.3) is 10.9 Å². The van der Waals surface area contributed by atoms with E-state index in [1.807, 2.05) is 60.9 Å². The number of hydrogen-bond donors (Lipinski definition) is 2. The van der Waals surface area contributed by atoms with Crippen LogP contribution in [0.15, 0.2) is 72.9 Å². The van der Waals surface area contributed by atoms with Gasteiger partial charge < -0.3 is 24.6 Å². The number of aliphatic hydroxyl groups is 1. The number of nitrogens with one attached hydrogen (secondary N) is 1. The highest BCUT2D eigenvalue weighted by Crippen LogP contribution is 2.31. The van der Waals surface area contributed by atoms with Gasteiger partial charge in [-0.2, -0.15) is 13.2 Å². The quantitative estimate of drug-likeness (QED) is 0.244. The lowest BCUT2D eigenvalue weighted by Crippen LogP contribution is -2.47. The Morgan fingerprint density at radius 3 is 2.55 bits per heavy atom. The average Bonchev–Trinajstić information content (AvgIpc) is 3.35. The lowest BCUT2D eigenvalue weighted by Gasteiger charge is -2.34. The molecule has 11 heteroatoms. The molecule has 0 unspecified atom stereocenters. The van der Waals surface area contributed by atoms with Crippen LogP contribution in [-0.4, -0.2) is 70.2 Å². The molecule has 3 atom stereocenters. The molecule has 2 amide bonds. The third-order valence-corrected chi connectivity index (χ3v) is 8.76. The van der Waals surface area contributed by atoms with Crippen LogP contribution in [0.4, 0.5) is 18.9 Å². The Morgan fingerprint density at radius 1 is 1.13 bits per heavy atom. The summed E-state index contributed by atoms with van der Waals surface area (Å²) in [5.41, 5.74) is 3.13. The second-order valence-electron chi connectivity index (χ2n) is 12.6. The molecule has 3 aromatic carbocycles. The van der Waals surface area contributed by atoms with Crippen LogP contribution >= 0.6 is 0 Å². The summed E-state index contributed by atoms with van der Waals surface area (Å²) in [6, 6.07) is 17.9. The number of para-hydroxylation sites is 1. The molecule has 0 aliphatic carbocycles. The Morgan fingerprint density at radius 2 is 1.85 bits per heavy atom. The number of halogens is 3. The molecule has 0 spiro atoms. The van der Waals surface area contributed by atoms with E-state index in [-0.39, 0.29) is 43.3 Å². The summed E-state index contributed by atoms with van der Waals surface area (Å²) in [6.07, 6.45) is -2.63. The molecule has 5 rings (SSSR count). The minimum Gasteiger partial charge on any atom is -0.488 e. The second kappa shape index (κ2) is 14.2. The van der Waals surface area contributed by atoms with E-state index in [2.05, 4.69) is 5.32 Å². The van der Waals surface area contributed by atoms with Crippen molar-refractivity contribution >= 4 is 28.4 Å². The minimum absolute atomic E-state index is 0.0214. The van der Waals surface area contributed by atoms with Gasteiger partial charge in [-0.05, 0) is 61.5 Å². The van der Waals surface area contributed by atoms with Gasteiger partial charge in [0.05, 0.1) is 31.1 Å². The maximum atomic E-state index is 13.6. The number of likely N-dealkylation sites (N-methyl/N-ethyl adjacent to an activating group) is 1. The molecule has 0 bridgehead atoms. The lowest BCUT2D eigenvalue weighted by molar-refractivity contribution is -0.137. The number of aryl methyl sites for hydroxylation is 1. The van der Waals surface area contributed by atoms with E-state index in [0.29, 0.717) is 36.6 Å². The number of anilines is 1. The highest BCUT2D eigenvalue weighted by molar-refractivity contribution is 5.96. The fourth-order valence-electron chi connectivity index (χ4n) is 6.15. The largest absolute Gasteiger partial charge is 0.488 e. The molecule has 2 N–H and O–H groups in total. The van der Waals surface area contributed by atoms with Crippen molar-refractivity contribution in [2.24, 2.45) is 13.0 Å². The van der Waals surface area contributed by atoms with Crippen LogP contribution in [0.3, 0.4) is 0 Å². The number of amides is 2. The molecular weight excluding hydrogens is 609 g/mol. The van der Waals surface area contributed by atoms with Gasteiger partial charge in [-0.1, -0.05) is 37.3 Å². The number of nitrogens with zero attached hydrogens (tertiary/aromatic N) is 3. The Labute approximate surface area is 272 Å². The molecule has 0 fully saturated rings. The number of aliphatic hydroxyl groups excluding tert-OH is 1. The standard InChI is InChI=1S/C36H41F3N4O4/c1-23-18-43(24(2)22-44)35(46)17-26-15-29(40-34(45)16-27-20-42(4)31-8-6-5-7-30(27)31)13-14-32(26)47-33(23)21-41(3)19-25-9-11-28(12-10-25)36(37,38)39/h5-15,20,23-24,33,44H,16-19,21-22H2,1-4H3,(H,40,45)/t23-,24+,33-/m1/s1. The van der Waals surface area contributed by atoms with Crippen LogP contribution in [0.2, 0.25) is 0 Å². The Balaban J connectivity index is 1.35. The van der Waals surface area contributed by atoms with Gasteiger partial charge in [0, 0.05) is 61.0 Å². The van der Waals surface area contributed by atoms with Crippen molar-refractivity contribution in [2.75, 3.05) is 32.1 Å². The third kappa shape index (κ3) is 8.15. The first kappa shape index (κ1) is 34.0. The van der Waals surface area contributed by atoms with Gasteiger partial charge in [0.25, 0.3) is 0 Å². The van der Waals surface area contributed by atoms with E-state index in [0.717, 1.165) is 34.2 Å². The molecule has 0 radical (unpaired) electrons. The molecule has 2 heterocycles. The number of carbonyl (C=O) groups is 2. The summed E-state index contributed by atoms with van der Waals surface area (Å²) in [5.74, 6) is 0.0162. The van der Waals surface area contributed by atoms with E-state index < -0.39 is 17.8 Å². The molecule has 250 valence electrons. The summed E-state index contributed by atoms with van der Waals surface area (Å²) in [7, 11) is 3.81. The second-order valence-corrected chi connectivity index (χ2v) is 12.6. The van der Waals surface area contributed by atoms with E-state index >= 15 is 0 Å². The molecule has 1 aromatic heterocycles. The highest BCUT2D eigenvalue weighted by Gasteiger charge is 2.32. The zero-order valence-corrected chi connectivity index (χ0v) is 27.1. The van der Waals surface area contributed by atoms with Gasteiger partial charge in [0.1, 0.15) is 11.9 Å². The zero-order chi connectivity index (χ0) is 33.9. The summed E-state index contributed by atoms with van der Waals surface area (Å²) >= 11 is 0. The first-order chi connectivity index (χ1) is 22.3. The Bertz CT molecular complexity index is 1720. The minimum atomic E-state index is -4.40. The number of aromatic nitrogens is 1. The highest BCUT2D eigenvalue weighted by atomic mass is 19.4. The van der Waals surface area contributed by atoms with Crippen molar-refractivity contribution < 1.29 is 32.6 Å². The van der Waals surface area contributed by atoms with E-state index in [1.165, 1.54) is 12.1 Å². The average molecular weight is 651 g/mol. The first-order valence-electron chi connectivity index (χ1n) is 15.7. The van der Waals surface area contributed by atoms with E-state index in [1.54, 1.807) is 30.0 Å². The van der Waals surface area contributed by atoms with Crippen molar-refractivity contribution in [1.82, 2.24) is 14.4 Å². The predicted molar refractivity (Wildman–Crippen MR) is 175 cm³/mol. The SMILES string of the molecule is C[C@@H]1CN([C@@H](C)CO)C(=O)Cc2cc(NC(=O)Cc3cn(C)c4ccccc34)ccc2O[C@@H]1CN(C)Cc1ccc(C(F)(F)F)cc1. The van der Waals surface area contributed by atoms with E-state index in [9.17, 15) is 27.9 Å². The molecule has 1 aliphatic heterocycles. The number of fused-ring (bicyclic) bond motifs is 2. The van der Waals surface area contributed by atoms with Crippen molar-refractivity contribution in [2.45, 2.75) is 51.6 Å². The smallest absolute Gasteiger partial charge is 0.416 e. The van der Waals surface area contributed by atoms with Gasteiger partial charge in [-0.3, -0.25) is 14.5 Å². The van der Waals surface area contributed by atoms with Crippen LogP contribution in [0.1, 0.15) is 36.1 Å². The van der Waals surface area contributed by atoms with Gasteiger partial charge in [0.2, 0.25) is 11.8 Å². The van der Waals surface area contributed by atoms with Crippen LogP contribution < -0.4 is 10.1 Å². The van der Waals surface area contributed by atoms with E-state index in [4.69, 9.17) is 4.74 Å². The summed E-state index contributed by atoms with van der Waals surface area (Å²) in [5, 5.41) is 13.9. The Hall–Kier alpha value is -4.35. The monoisotopic (exact) mass is 650 g/mol. The van der Waals surface area contributed by atoms with Crippen LogP contribution in [0, 0.1) is 5.92 Å².